The van der Waals surface area contributed by atoms with Crippen molar-refractivity contribution in [2.24, 2.45) is 11.8 Å². The van der Waals surface area contributed by atoms with Crippen molar-refractivity contribution in [2.75, 3.05) is 47.5 Å². The number of fused-ring (bicyclic) bond motifs is 2. The zero-order valence-electron chi connectivity index (χ0n) is 37.9. The molecule has 1 aliphatic carbocycles. The molecule has 0 spiro atoms. The van der Waals surface area contributed by atoms with Crippen molar-refractivity contribution in [1.29, 1.82) is 0 Å². The summed E-state index contributed by atoms with van der Waals surface area (Å²) < 4.78 is 34.4. The number of esters is 2. The van der Waals surface area contributed by atoms with Crippen LogP contribution in [0.2, 0.25) is 0 Å². The molecule has 7 unspecified atom stereocenters. The molecule has 1 saturated carbocycles. The highest BCUT2D eigenvalue weighted by Gasteiger charge is 2.49. The maximum atomic E-state index is 12.9. The molecule has 0 amide bonds. The van der Waals surface area contributed by atoms with Crippen LogP contribution in [0.5, 0.6) is 0 Å². The van der Waals surface area contributed by atoms with Gasteiger partial charge in [0.25, 0.3) is 0 Å². The Balaban J connectivity index is 1.74. The van der Waals surface area contributed by atoms with Crippen LogP contribution in [0.4, 0.5) is 0 Å². The summed E-state index contributed by atoms with van der Waals surface area (Å²) >= 11 is 0. The van der Waals surface area contributed by atoms with E-state index < -0.39 is 32.5 Å². The number of phosphoric acid groups is 1. The van der Waals surface area contributed by atoms with Gasteiger partial charge in [0.15, 0.2) is 6.10 Å². The molecule has 1 aliphatic heterocycles. The van der Waals surface area contributed by atoms with Gasteiger partial charge in [-0.25, -0.2) is 19.2 Å². The topological polar surface area (TPSA) is 156 Å². The van der Waals surface area contributed by atoms with Gasteiger partial charge < -0.3 is 18.9 Å². The lowest BCUT2D eigenvalue weighted by molar-refractivity contribution is -0.870. The molecule has 2 bridgehead atoms. The van der Waals surface area contributed by atoms with Crippen LogP contribution in [0.1, 0.15) is 162 Å². The molecule has 1 saturated heterocycles. The Morgan fingerprint density at radius 3 is 2.03 bits per heavy atom. The molecule has 13 nitrogen and oxygen atoms in total. The Kier molecular flexibility index (Phi) is 29.5. The number of carbonyl (C=O) groups excluding carboxylic acids is 2. The molecule has 60 heavy (non-hydrogen) atoms. The lowest BCUT2D eigenvalue weighted by Crippen LogP contribution is -2.37. The first-order chi connectivity index (χ1) is 28.9. The van der Waals surface area contributed by atoms with Gasteiger partial charge in [-0.05, 0) is 57.8 Å². The van der Waals surface area contributed by atoms with E-state index in [1.807, 2.05) is 33.3 Å². The molecular weight excluding hydrogens is 789 g/mol. The van der Waals surface area contributed by atoms with Gasteiger partial charge in [-0.3, -0.25) is 23.9 Å². The minimum absolute atomic E-state index is 0.00139. The van der Waals surface area contributed by atoms with Crippen LogP contribution < -0.4 is 0 Å². The van der Waals surface area contributed by atoms with Gasteiger partial charge in [0.1, 0.15) is 32.0 Å². The number of phosphoric ester groups is 1. The van der Waals surface area contributed by atoms with E-state index in [0.29, 0.717) is 30.3 Å². The van der Waals surface area contributed by atoms with Crippen LogP contribution in [-0.4, -0.2) is 98.5 Å². The van der Waals surface area contributed by atoms with Crippen LogP contribution in [0.25, 0.3) is 0 Å². The molecule has 0 aromatic rings. The van der Waals surface area contributed by atoms with Crippen LogP contribution in [-0.2, 0) is 47.3 Å². The Morgan fingerprint density at radius 2 is 1.35 bits per heavy atom. The Bertz CT molecular complexity index is 1270. The summed E-state index contributed by atoms with van der Waals surface area (Å²) in [5.41, 5.74) is 0. The van der Waals surface area contributed by atoms with Gasteiger partial charge in [-0.15, -0.1) is 0 Å². The van der Waals surface area contributed by atoms with Gasteiger partial charge in [0, 0.05) is 31.1 Å². The fourth-order valence-corrected chi connectivity index (χ4v) is 8.13. The third-order valence-electron chi connectivity index (χ3n) is 11.1. The second-order valence-electron chi connectivity index (χ2n) is 17.6. The Hall–Kier alpha value is -1.93. The zero-order chi connectivity index (χ0) is 43.9. The minimum atomic E-state index is -4.43. The summed E-state index contributed by atoms with van der Waals surface area (Å²) in [6.45, 7) is 4.12. The predicted molar refractivity (Wildman–Crippen MR) is 235 cm³/mol. The third kappa shape index (κ3) is 26.5. The SMILES string of the molecule is CCCCCCCC/C=C\CCCCCCCC(=O)OCC(COP(=O)(O)OCC[N+](C)(C)C)OC(=O)CCC/C=C\CC1C2CC(OO2)C1/C=C/C(CCCCC)OO. The number of hydrogen-bond donors (Lipinski definition) is 2. The zero-order valence-corrected chi connectivity index (χ0v) is 38.8. The van der Waals surface area contributed by atoms with E-state index in [-0.39, 0.29) is 56.2 Å². The number of carbonyl (C=O) groups is 2. The maximum Gasteiger partial charge on any atom is 0.472 e. The highest BCUT2D eigenvalue weighted by atomic mass is 31.2. The first-order valence-electron chi connectivity index (χ1n) is 23.3. The standard InChI is InChI=1S/C46H82NO12P/c1-6-8-10-11-12-13-14-15-16-17-18-19-20-21-26-30-45(48)53-37-40(38-55-60(51,52)54-35-34-47(3,4)5)56-46(49)31-27-23-22-25-29-41-42(44-36-43(41)58-59-44)33-32-39(57-50)28-24-9-7-2/h15-16,22,25,32-33,39-44H,6-14,17-21,23-24,26-31,34-38H2,1-5H3,(H-,50,51,52)/p+1/b16-15-,25-22-,33-32+. The third-order valence-corrected chi connectivity index (χ3v) is 12.1. The molecule has 348 valence electrons. The molecule has 2 fully saturated rings. The summed E-state index contributed by atoms with van der Waals surface area (Å²) in [4.78, 5) is 51.4. The Labute approximate surface area is 362 Å². The van der Waals surface area contributed by atoms with Gasteiger partial charge in [0.05, 0.1) is 33.9 Å². The summed E-state index contributed by atoms with van der Waals surface area (Å²) in [6, 6.07) is 0. The lowest BCUT2D eigenvalue weighted by Gasteiger charge is -2.27. The molecule has 1 heterocycles. The highest BCUT2D eigenvalue weighted by Crippen LogP contribution is 2.45. The van der Waals surface area contributed by atoms with Crippen LogP contribution >= 0.6 is 7.82 Å². The molecule has 14 heteroatoms. The molecule has 7 atom stereocenters. The number of likely N-dealkylation sites (N-methyl/N-ethyl adjacent to an activating group) is 1. The molecular formula is C46H83NO12P+. The van der Waals surface area contributed by atoms with Crippen molar-refractivity contribution in [2.45, 2.75) is 186 Å². The van der Waals surface area contributed by atoms with Crippen LogP contribution in [0.3, 0.4) is 0 Å². The van der Waals surface area contributed by atoms with E-state index in [1.165, 1.54) is 44.9 Å². The molecule has 2 rings (SSSR count). The Morgan fingerprint density at radius 1 is 0.750 bits per heavy atom. The predicted octanol–water partition coefficient (Wildman–Crippen LogP) is 10.8. The van der Waals surface area contributed by atoms with Crippen molar-refractivity contribution in [3.05, 3.63) is 36.5 Å². The van der Waals surface area contributed by atoms with E-state index in [4.69, 9.17) is 33.2 Å². The second kappa shape index (κ2) is 32.7. The molecule has 2 N–H and O–H groups in total. The maximum absolute atomic E-state index is 12.9. The van der Waals surface area contributed by atoms with Crippen molar-refractivity contribution in [3.63, 3.8) is 0 Å². The van der Waals surface area contributed by atoms with E-state index >= 15 is 0 Å². The molecule has 2 aliphatic rings. The monoisotopic (exact) mass is 873 g/mol. The van der Waals surface area contributed by atoms with E-state index in [9.17, 15) is 24.3 Å². The van der Waals surface area contributed by atoms with Crippen LogP contribution in [0, 0.1) is 11.8 Å². The number of ether oxygens (including phenoxy) is 2. The number of unbranched alkanes of at least 4 members (excludes halogenated alkanes) is 14. The summed E-state index contributed by atoms with van der Waals surface area (Å²) in [7, 11) is 1.36. The smallest absolute Gasteiger partial charge is 0.462 e. The number of rotatable bonds is 38. The van der Waals surface area contributed by atoms with Gasteiger partial charge >= 0.3 is 19.8 Å². The quantitative estimate of drug-likeness (QED) is 0.0115. The van der Waals surface area contributed by atoms with Crippen molar-refractivity contribution < 1.29 is 62.0 Å². The summed E-state index contributed by atoms with van der Waals surface area (Å²) in [5, 5.41) is 9.36. The first kappa shape index (κ1) is 54.2. The van der Waals surface area contributed by atoms with E-state index in [1.54, 1.807) is 0 Å². The van der Waals surface area contributed by atoms with Crippen molar-refractivity contribution >= 4 is 19.8 Å². The molecule has 0 radical (unpaired) electrons. The molecule has 0 aromatic heterocycles. The van der Waals surface area contributed by atoms with Crippen LogP contribution in [0.15, 0.2) is 36.5 Å². The van der Waals surface area contributed by atoms with Crippen molar-refractivity contribution in [1.82, 2.24) is 0 Å². The number of hydrogen-bond acceptors (Lipinski definition) is 11. The normalized spacial score (nSPS) is 21.3. The minimum Gasteiger partial charge on any atom is -0.462 e. The number of quaternary nitrogens is 1. The van der Waals surface area contributed by atoms with Gasteiger partial charge in [-0.2, -0.15) is 0 Å². The second-order valence-corrected chi connectivity index (χ2v) is 19.1. The van der Waals surface area contributed by atoms with E-state index in [0.717, 1.165) is 70.6 Å². The van der Waals surface area contributed by atoms with Gasteiger partial charge in [0.2, 0.25) is 0 Å². The molecule has 0 aromatic carbocycles. The lowest BCUT2D eigenvalue weighted by atomic mass is 9.89. The largest absolute Gasteiger partial charge is 0.472 e. The first-order valence-corrected chi connectivity index (χ1v) is 24.7. The average Bonchev–Trinajstić information content (AvgIpc) is 3.82. The summed E-state index contributed by atoms with van der Waals surface area (Å²) in [6.07, 6.45) is 33.5. The van der Waals surface area contributed by atoms with E-state index in [2.05, 4.69) is 38.2 Å². The fraction of sp³-hybridized carbons (Fsp3) is 0.826. The number of allylic oxidation sites excluding steroid dienone is 4. The average molecular weight is 873 g/mol. The fourth-order valence-electron chi connectivity index (χ4n) is 7.39. The highest BCUT2D eigenvalue weighted by molar-refractivity contribution is 7.47. The summed E-state index contributed by atoms with van der Waals surface area (Å²) in [5.74, 6) is -0.549. The van der Waals surface area contributed by atoms with Gasteiger partial charge in [-0.1, -0.05) is 121 Å². The number of nitrogens with zero attached hydrogens (tertiary/aromatic N) is 1. The van der Waals surface area contributed by atoms with Crippen molar-refractivity contribution in [3.8, 4) is 0 Å².